The molecule has 5 nitrogen and oxygen atoms in total. The molecule has 0 N–H and O–H groups in total. The van der Waals surface area contributed by atoms with E-state index in [1.165, 1.54) is 0 Å². The Bertz CT molecular complexity index is 856. The molecule has 1 aliphatic rings. The predicted octanol–water partition coefficient (Wildman–Crippen LogP) is 1.57. The Morgan fingerprint density at radius 1 is 1.10 bits per heavy atom. The number of aromatic nitrogens is 3. The minimum Gasteiger partial charge on any atom is -0.398 e. The zero-order chi connectivity index (χ0) is 19.6. The van der Waals surface area contributed by atoms with Gasteiger partial charge in [0.2, 0.25) is 0 Å². The molecule has 0 unspecified atom stereocenters. The van der Waals surface area contributed by atoms with Gasteiger partial charge in [-0.25, -0.2) is 4.68 Å². The van der Waals surface area contributed by atoms with Crippen LogP contribution in [0.4, 0.5) is 0 Å². The van der Waals surface area contributed by atoms with Crippen LogP contribution in [0.3, 0.4) is 0 Å². The topological polar surface area (TPSA) is 49.2 Å². The van der Waals surface area contributed by atoms with Gasteiger partial charge in [-0.2, -0.15) is 0 Å². The molecular formula is C14H18BN3O2. The van der Waals surface area contributed by atoms with Gasteiger partial charge in [-0.05, 0) is 39.8 Å². The molecule has 0 saturated carbocycles. The van der Waals surface area contributed by atoms with E-state index in [1.54, 1.807) is 0 Å². The minimum atomic E-state index is -0.939. The third kappa shape index (κ3) is 2.15. The fraction of sp³-hybridized carbons (Fsp3) is 0.429. The Morgan fingerprint density at radius 2 is 1.70 bits per heavy atom. The molecule has 2 heterocycles. The van der Waals surface area contributed by atoms with Gasteiger partial charge in [0.15, 0.2) is 0 Å². The largest absolute Gasteiger partial charge is 0.518 e. The molecule has 0 spiro atoms. The number of nitrogens with zero attached hydrogens (tertiary/aromatic N) is 3. The van der Waals surface area contributed by atoms with E-state index < -0.39 is 48.5 Å². The normalized spacial score (nSPS) is 24.5. The molecule has 0 aliphatic carbocycles. The van der Waals surface area contributed by atoms with Crippen LogP contribution in [0.1, 0.15) is 35.9 Å². The molecule has 0 radical (unpaired) electrons. The number of para-hydroxylation sites is 1. The first-order chi connectivity index (χ1) is 11.9. The van der Waals surface area contributed by atoms with Crippen LogP contribution in [-0.2, 0) is 9.31 Å². The molecule has 0 atom stereocenters. The highest BCUT2D eigenvalue weighted by molar-refractivity contribution is 6.61. The first-order valence-electron chi connectivity index (χ1n) is 9.24. The van der Waals surface area contributed by atoms with Crippen LogP contribution in [0.2, 0.25) is 0 Å². The van der Waals surface area contributed by atoms with Crippen molar-refractivity contribution in [3.8, 4) is 5.69 Å². The highest BCUT2D eigenvalue weighted by Gasteiger charge is 2.52. The molecule has 1 aromatic heterocycles. The molecule has 1 fully saturated rings. The van der Waals surface area contributed by atoms with Crippen molar-refractivity contribution >= 4 is 12.7 Å². The molecule has 1 aromatic carbocycles. The van der Waals surface area contributed by atoms with Crippen LogP contribution in [-0.4, -0.2) is 33.3 Å². The van der Waals surface area contributed by atoms with Gasteiger partial charge in [-0.1, -0.05) is 23.3 Å². The number of benzene rings is 1. The Morgan fingerprint density at radius 3 is 2.30 bits per heavy atom. The molecule has 3 rings (SSSR count). The Balaban J connectivity index is 2.10. The average Bonchev–Trinajstić information content (AvgIpc) is 3.01. The minimum absolute atomic E-state index is 0.0791. The van der Waals surface area contributed by atoms with E-state index in [2.05, 4.69) is 10.3 Å². The molecule has 0 amide bonds. The SMILES string of the molecule is [2H]c1c([2H])c([2H])c(-n2nnc(B3OC(C)(C)C(C)(C)O3)c2[2H])c([2H])c1[2H]. The van der Waals surface area contributed by atoms with Gasteiger partial charge in [-0.3, -0.25) is 0 Å². The molecule has 20 heavy (non-hydrogen) atoms. The lowest BCUT2D eigenvalue weighted by atomic mass is 9.86. The van der Waals surface area contributed by atoms with Gasteiger partial charge in [0, 0.05) is 0 Å². The van der Waals surface area contributed by atoms with Crippen molar-refractivity contribution < 1.29 is 17.5 Å². The van der Waals surface area contributed by atoms with E-state index in [0.717, 1.165) is 4.68 Å². The highest BCUT2D eigenvalue weighted by atomic mass is 16.7. The van der Waals surface area contributed by atoms with Crippen molar-refractivity contribution in [2.75, 3.05) is 0 Å². The maximum absolute atomic E-state index is 8.32. The van der Waals surface area contributed by atoms with Crippen molar-refractivity contribution in [3.05, 3.63) is 36.4 Å². The summed E-state index contributed by atoms with van der Waals surface area (Å²) >= 11 is 0. The fourth-order valence-electron chi connectivity index (χ4n) is 1.75. The van der Waals surface area contributed by atoms with Gasteiger partial charge in [0.1, 0.15) is 5.59 Å². The summed E-state index contributed by atoms with van der Waals surface area (Å²) in [4.78, 5) is 0. The summed E-state index contributed by atoms with van der Waals surface area (Å²) in [5.41, 5.74) is -1.43. The summed E-state index contributed by atoms with van der Waals surface area (Å²) in [5, 5.41) is 7.72. The second-order valence-electron chi connectivity index (χ2n) is 5.56. The highest BCUT2D eigenvalue weighted by Crippen LogP contribution is 2.36. The van der Waals surface area contributed by atoms with Crippen LogP contribution >= 0.6 is 0 Å². The van der Waals surface area contributed by atoms with Crippen molar-refractivity contribution in [1.82, 2.24) is 15.0 Å². The van der Waals surface area contributed by atoms with E-state index in [1.807, 2.05) is 27.7 Å². The van der Waals surface area contributed by atoms with Gasteiger partial charge in [0.25, 0.3) is 0 Å². The van der Waals surface area contributed by atoms with Gasteiger partial charge >= 0.3 is 7.12 Å². The third-order valence-electron chi connectivity index (χ3n) is 3.64. The molecule has 1 saturated heterocycles. The molecule has 104 valence electrons. The first kappa shape index (κ1) is 7.95. The summed E-state index contributed by atoms with van der Waals surface area (Å²) in [6.45, 7) is 7.43. The summed E-state index contributed by atoms with van der Waals surface area (Å²) < 4.78 is 60.1. The number of rotatable bonds is 2. The van der Waals surface area contributed by atoms with E-state index in [4.69, 9.17) is 17.5 Å². The number of hydrogen-bond donors (Lipinski definition) is 0. The van der Waals surface area contributed by atoms with Crippen LogP contribution < -0.4 is 5.59 Å². The Kier molecular flexibility index (Phi) is 1.76. The molecular weight excluding hydrogens is 253 g/mol. The van der Waals surface area contributed by atoms with Crippen molar-refractivity contribution in [2.45, 2.75) is 38.9 Å². The Labute approximate surface area is 127 Å². The number of hydrogen-bond acceptors (Lipinski definition) is 4. The standard InChI is InChI=1S/C14H18BN3O2/c1-13(2)14(3,4)20-15(19-13)12-10-18(17-16-12)11-8-6-5-7-9-11/h5-10H,1-4H3/i5D,6D,7D,8D,9D,10D. The van der Waals surface area contributed by atoms with Crippen molar-refractivity contribution in [1.29, 1.82) is 0 Å². The smallest absolute Gasteiger partial charge is 0.398 e. The van der Waals surface area contributed by atoms with Crippen LogP contribution in [0.15, 0.2) is 36.4 Å². The Hall–Kier alpha value is -1.66. The second-order valence-corrected chi connectivity index (χ2v) is 5.56. The van der Waals surface area contributed by atoms with Crippen molar-refractivity contribution in [2.24, 2.45) is 0 Å². The van der Waals surface area contributed by atoms with Gasteiger partial charge < -0.3 is 9.31 Å². The lowest BCUT2D eigenvalue weighted by Gasteiger charge is -2.32. The van der Waals surface area contributed by atoms with E-state index in [-0.39, 0.29) is 17.5 Å². The molecule has 2 aromatic rings. The van der Waals surface area contributed by atoms with E-state index in [9.17, 15) is 0 Å². The quantitative estimate of drug-likeness (QED) is 0.782. The zero-order valence-corrected chi connectivity index (χ0v) is 11.7. The lowest BCUT2D eigenvalue weighted by molar-refractivity contribution is 0.00578. The molecule has 1 aliphatic heterocycles. The lowest BCUT2D eigenvalue weighted by Crippen LogP contribution is -2.41. The van der Waals surface area contributed by atoms with Crippen LogP contribution in [0.25, 0.3) is 5.69 Å². The van der Waals surface area contributed by atoms with Gasteiger partial charge in [0.05, 0.1) is 31.3 Å². The predicted molar refractivity (Wildman–Crippen MR) is 77.1 cm³/mol. The first-order valence-corrected chi connectivity index (χ1v) is 6.24. The average molecular weight is 277 g/mol. The van der Waals surface area contributed by atoms with Gasteiger partial charge in [-0.15, -0.1) is 5.10 Å². The van der Waals surface area contributed by atoms with Crippen LogP contribution in [0.5, 0.6) is 0 Å². The summed E-state index contributed by atoms with van der Waals surface area (Å²) in [6.07, 6.45) is -0.262. The van der Waals surface area contributed by atoms with Crippen LogP contribution in [0, 0.1) is 0 Å². The van der Waals surface area contributed by atoms with E-state index in [0.29, 0.717) is 0 Å². The summed E-state index contributed by atoms with van der Waals surface area (Å²) in [7, 11) is -0.939. The fourth-order valence-corrected chi connectivity index (χ4v) is 1.75. The maximum Gasteiger partial charge on any atom is 0.518 e. The maximum atomic E-state index is 8.32. The zero-order valence-electron chi connectivity index (χ0n) is 17.7. The third-order valence-corrected chi connectivity index (χ3v) is 3.64. The summed E-state index contributed by atoms with van der Waals surface area (Å²) in [5.74, 6) is 0. The second kappa shape index (κ2) is 4.43. The monoisotopic (exact) mass is 277 g/mol. The van der Waals surface area contributed by atoms with Crippen molar-refractivity contribution in [3.63, 3.8) is 0 Å². The van der Waals surface area contributed by atoms with E-state index >= 15 is 0 Å². The molecule has 0 bridgehead atoms. The summed E-state index contributed by atoms with van der Waals surface area (Å²) in [6, 6.07) is -2.45. The molecule has 6 heteroatoms.